The van der Waals surface area contributed by atoms with E-state index in [0.717, 1.165) is 52.1 Å². The summed E-state index contributed by atoms with van der Waals surface area (Å²) in [6.07, 6.45) is 1.69. The van der Waals surface area contributed by atoms with Crippen molar-refractivity contribution in [1.82, 2.24) is 9.80 Å². The van der Waals surface area contributed by atoms with E-state index in [4.69, 9.17) is 20.0 Å². The molecule has 1 saturated heterocycles. The van der Waals surface area contributed by atoms with Crippen LogP contribution < -0.4 is 9.47 Å². The minimum atomic E-state index is -0.560. The molecule has 0 N–H and O–H groups in total. The maximum Gasteiger partial charge on any atom is 0.144 e. The molecular weight excluding hydrogens is 414 g/mol. The Morgan fingerprint density at radius 1 is 0.719 bits per heavy atom. The van der Waals surface area contributed by atoms with E-state index >= 15 is 0 Å². The number of piperazine rings is 1. The smallest absolute Gasteiger partial charge is 0.144 e. The van der Waals surface area contributed by atoms with Crippen molar-refractivity contribution in [3.05, 3.63) is 59.2 Å². The average Bonchev–Trinajstić information content (AvgIpc) is 2.80. The van der Waals surface area contributed by atoms with Gasteiger partial charge >= 0.3 is 0 Å². The summed E-state index contributed by atoms with van der Waals surface area (Å²) in [5, 5.41) is 17.5. The summed E-state index contributed by atoms with van der Waals surface area (Å²) in [6, 6.07) is 12.2. The van der Waals surface area contributed by atoms with Crippen molar-refractivity contribution < 1.29 is 18.3 Å². The van der Waals surface area contributed by atoms with Gasteiger partial charge < -0.3 is 19.3 Å². The van der Waals surface area contributed by atoms with Crippen molar-refractivity contribution in [2.45, 2.75) is 12.8 Å². The maximum atomic E-state index is 13.6. The molecular formula is C24H26F2N4O2. The summed E-state index contributed by atoms with van der Waals surface area (Å²) >= 11 is 0. The van der Waals surface area contributed by atoms with Gasteiger partial charge in [0.25, 0.3) is 0 Å². The summed E-state index contributed by atoms with van der Waals surface area (Å²) in [4.78, 5) is 4.77. The zero-order chi connectivity index (χ0) is 22.8. The van der Waals surface area contributed by atoms with Crippen LogP contribution in [0.15, 0.2) is 36.4 Å². The monoisotopic (exact) mass is 440 g/mol. The highest BCUT2D eigenvalue weighted by Crippen LogP contribution is 2.17. The first-order chi connectivity index (χ1) is 15.6. The van der Waals surface area contributed by atoms with Crippen LogP contribution in [-0.2, 0) is 0 Å². The lowest BCUT2D eigenvalue weighted by atomic mass is 10.2. The van der Waals surface area contributed by atoms with Gasteiger partial charge in [-0.15, -0.1) is 0 Å². The highest BCUT2D eigenvalue weighted by molar-refractivity contribution is 5.37. The van der Waals surface area contributed by atoms with Crippen molar-refractivity contribution in [2.75, 3.05) is 52.5 Å². The summed E-state index contributed by atoms with van der Waals surface area (Å²) < 4.78 is 38.3. The Balaban J connectivity index is 1.25. The van der Waals surface area contributed by atoms with Gasteiger partial charge in [0.15, 0.2) is 0 Å². The third kappa shape index (κ3) is 6.91. The first-order valence-electron chi connectivity index (χ1n) is 10.7. The lowest BCUT2D eigenvalue weighted by Gasteiger charge is -2.34. The molecule has 6 nitrogen and oxygen atoms in total. The first kappa shape index (κ1) is 23.5. The summed E-state index contributed by atoms with van der Waals surface area (Å²) in [6.45, 7) is 6.75. The van der Waals surface area contributed by atoms with Crippen molar-refractivity contribution >= 4 is 0 Å². The molecule has 8 heteroatoms. The molecule has 168 valence electrons. The minimum absolute atomic E-state index is 0.0185. The van der Waals surface area contributed by atoms with Gasteiger partial charge in [-0.05, 0) is 37.1 Å². The summed E-state index contributed by atoms with van der Waals surface area (Å²) in [5.41, 5.74) is 0.0369. The molecule has 0 atom stereocenters. The molecule has 2 aromatic carbocycles. The van der Waals surface area contributed by atoms with Crippen LogP contribution in [0, 0.1) is 34.3 Å². The fourth-order valence-electron chi connectivity index (χ4n) is 3.55. The van der Waals surface area contributed by atoms with Crippen molar-refractivity contribution in [3.8, 4) is 23.6 Å². The third-order valence-corrected chi connectivity index (χ3v) is 5.36. The molecule has 32 heavy (non-hydrogen) atoms. The molecule has 2 aromatic rings. The fraction of sp³-hybridized carbons (Fsp3) is 0.417. The van der Waals surface area contributed by atoms with Crippen LogP contribution in [-0.4, -0.2) is 62.3 Å². The quantitative estimate of drug-likeness (QED) is 0.526. The second kappa shape index (κ2) is 12.0. The van der Waals surface area contributed by atoms with E-state index in [-0.39, 0.29) is 11.1 Å². The molecule has 0 unspecified atom stereocenters. The molecule has 0 amide bonds. The van der Waals surface area contributed by atoms with Gasteiger partial charge in [0.05, 0.1) is 24.3 Å². The molecule has 0 aromatic heterocycles. The van der Waals surface area contributed by atoms with Gasteiger partial charge in [-0.2, -0.15) is 10.5 Å². The lowest BCUT2D eigenvalue weighted by molar-refractivity contribution is 0.120. The Morgan fingerprint density at radius 3 is 1.47 bits per heavy atom. The predicted molar refractivity (Wildman–Crippen MR) is 115 cm³/mol. The third-order valence-electron chi connectivity index (χ3n) is 5.36. The van der Waals surface area contributed by atoms with Gasteiger partial charge in [-0.1, -0.05) is 0 Å². The Bertz CT molecular complexity index is 899. The SMILES string of the molecule is N#Cc1ccc(OCCCN2CCN(CCCOc3ccc(C#N)c(F)c3)CC2)cc1F. The standard InChI is InChI=1S/C24H26F2N4O2/c25-23-15-21(5-3-19(23)17-27)31-13-1-7-29-9-11-30(12-10-29)8-2-14-32-22-6-4-20(18-28)24(26)16-22/h3-6,15-16H,1-2,7-14H2. The molecule has 0 radical (unpaired) electrons. The van der Waals surface area contributed by atoms with E-state index in [1.807, 2.05) is 0 Å². The number of hydrogen-bond donors (Lipinski definition) is 0. The normalized spacial score (nSPS) is 14.5. The Kier molecular flexibility index (Phi) is 8.79. The van der Waals surface area contributed by atoms with E-state index in [2.05, 4.69) is 9.80 Å². The molecule has 0 saturated carbocycles. The van der Waals surface area contributed by atoms with E-state index in [0.29, 0.717) is 24.7 Å². The Labute approximate surface area is 187 Å². The zero-order valence-electron chi connectivity index (χ0n) is 17.9. The number of rotatable bonds is 10. The van der Waals surface area contributed by atoms with Gasteiger partial charge in [0.1, 0.15) is 35.3 Å². The summed E-state index contributed by atoms with van der Waals surface area (Å²) in [5.74, 6) is -0.235. The molecule has 0 bridgehead atoms. The predicted octanol–water partition coefficient (Wildman–Crippen LogP) is 3.56. The molecule has 3 rings (SSSR count). The van der Waals surface area contributed by atoms with E-state index in [9.17, 15) is 8.78 Å². The van der Waals surface area contributed by atoms with E-state index in [1.165, 1.54) is 24.3 Å². The lowest BCUT2D eigenvalue weighted by Crippen LogP contribution is -2.47. The molecule has 1 fully saturated rings. The van der Waals surface area contributed by atoms with Crippen LogP contribution >= 0.6 is 0 Å². The molecule has 0 aliphatic carbocycles. The van der Waals surface area contributed by atoms with Crippen LogP contribution in [0.1, 0.15) is 24.0 Å². The largest absolute Gasteiger partial charge is 0.493 e. The van der Waals surface area contributed by atoms with Gasteiger partial charge in [0.2, 0.25) is 0 Å². The first-order valence-corrected chi connectivity index (χ1v) is 10.7. The number of benzene rings is 2. The maximum absolute atomic E-state index is 13.6. The number of hydrogen-bond acceptors (Lipinski definition) is 6. The zero-order valence-corrected chi connectivity index (χ0v) is 17.9. The number of nitriles is 2. The second-order valence-corrected chi connectivity index (χ2v) is 7.59. The van der Waals surface area contributed by atoms with Crippen LogP contribution in [0.3, 0.4) is 0 Å². The van der Waals surface area contributed by atoms with Crippen molar-refractivity contribution in [1.29, 1.82) is 10.5 Å². The second-order valence-electron chi connectivity index (χ2n) is 7.59. The Hall–Kier alpha value is -3.20. The van der Waals surface area contributed by atoms with Gasteiger partial charge in [0, 0.05) is 51.4 Å². The van der Waals surface area contributed by atoms with Crippen LogP contribution in [0.4, 0.5) is 8.78 Å². The average molecular weight is 440 g/mol. The highest BCUT2D eigenvalue weighted by atomic mass is 19.1. The highest BCUT2D eigenvalue weighted by Gasteiger charge is 2.16. The van der Waals surface area contributed by atoms with Crippen molar-refractivity contribution in [3.63, 3.8) is 0 Å². The van der Waals surface area contributed by atoms with Crippen LogP contribution in [0.25, 0.3) is 0 Å². The van der Waals surface area contributed by atoms with Gasteiger partial charge in [-0.25, -0.2) is 8.78 Å². The van der Waals surface area contributed by atoms with E-state index < -0.39 is 11.6 Å². The number of halogens is 2. The van der Waals surface area contributed by atoms with Crippen LogP contribution in [0.2, 0.25) is 0 Å². The molecule has 0 spiro atoms. The Morgan fingerprint density at radius 2 is 1.12 bits per heavy atom. The van der Waals surface area contributed by atoms with Crippen LogP contribution in [0.5, 0.6) is 11.5 Å². The fourth-order valence-corrected chi connectivity index (χ4v) is 3.55. The summed E-state index contributed by atoms with van der Waals surface area (Å²) in [7, 11) is 0. The minimum Gasteiger partial charge on any atom is -0.493 e. The van der Waals surface area contributed by atoms with Gasteiger partial charge in [-0.3, -0.25) is 0 Å². The van der Waals surface area contributed by atoms with E-state index in [1.54, 1.807) is 24.3 Å². The van der Waals surface area contributed by atoms with Crippen molar-refractivity contribution in [2.24, 2.45) is 0 Å². The number of ether oxygens (including phenoxy) is 2. The molecule has 1 aliphatic heterocycles. The molecule has 1 heterocycles. The number of nitrogens with zero attached hydrogens (tertiary/aromatic N) is 4. The topological polar surface area (TPSA) is 72.5 Å². The molecule has 1 aliphatic rings.